The van der Waals surface area contributed by atoms with Gasteiger partial charge >= 0.3 is 11.9 Å². The molecular formula is C27H19FO7. The molecule has 0 amide bonds. The van der Waals surface area contributed by atoms with Crippen molar-refractivity contribution >= 4 is 22.9 Å². The summed E-state index contributed by atoms with van der Waals surface area (Å²) < 4.78 is 35.1. The third-order valence-electron chi connectivity index (χ3n) is 5.91. The number of benzene rings is 3. The van der Waals surface area contributed by atoms with Crippen LogP contribution in [-0.2, 0) is 14.3 Å². The van der Waals surface area contributed by atoms with Crippen molar-refractivity contribution in [1.29, 1.82) is 0 Å². The zero-order valence-corrected chi connectivity index (χ0v) is 18.6. The number of halogens is 1. The number of rotatable bonds is 5. The van der Waals surface area contributed by atoms with E-state index >= 15 is 0 Å². The van der Waals surface area contributed by atoms with Crippen molar-refractivity contribution < 1.29 is 32.6 Å². The lowest BCUT2D eigenvalue weighted by Crippen LogP contribution is -2.23. The first-order valence-corrected chi connectivity index (χ1v) is 10.8. The lowest BCUT2D eigenvalue weighted by Gasteiger charge is -2.26. The maximum absolute atomic E-state index is 13.4. The second-order valence-electron chi connectivity index (χ2n) is 7.97. The summed E-state index contributed by atoms with van der Waals surface area (Å²) in [6.07, 6.45) is 1.31. The third-order valence-corrected chi connectivity index (χ3v) is 5.91. The molecule has 35 heavy (non-hydrogen) atoms. The highest BCUT2D eigenvalue weighted by atomic mass is 19.1. The molecule has 0 unspecified atom stereocenters. The number of ether oxygens (including phenoxy) is 3. The number of fused-ring (bicyclic) bond motifs is 3. The Bertz CT molecular complexity index is 1500. The lowest BCUT2D eigenvalue weighted by molar-refractivity contribution is -0.143. The molecule has 0 spiro atoms. The van der Waals surface area contributed by atoms with Gasteiger partial charge in [-0.05, 0) is 35.9 Å². The molecule has 1 aliphatic rings. The minimum absolute atomic E-state index is 0.0197. The first kappa shape index (κ1) is 22.3. The van der Waals surface area contributed by atoms with E-state index in [9.17, 15) is 18.8 Å². The van der Waals surface area contributed by atoms with Crippen LogP contribution in [0.4, 0.5) is 4.39 Å². The van der Waals surface area contributed by atoms with Crippen LogP contribution in [0.15, 0.2) is 76.1 Å². The fraction of sp³-hybridized carbons (Fsp3) is 0.148. The summed E-state index contributed by atoms with van der Waals surface area (Å²) in [7, 11) is 1.26. The van der Waals surface area contributed by atoms with Crippen molar-refractivity contribution in [2.45, 2.75) is 12.3 Å². The molecular weight excluding hydrogens is 455 g/mol. The zero-order valence-electron chi connectivity index (χ0n) is 18.6. The fourth-order valence-corrected chi connectivity index (χ4v) is 4.25. The number of hydrogen-bond acceptors (Lipinski definition) is 7. The van der Waals surface area contributed by atoms with Gasteiger partial charge in [-0.25, -0.2) is 9.18 Å². The van der Waals surface area contributed by atoms with Crippen LogP contribution in [0.3, 0.4) is 0 Å². The predicted molar refractivity (Wildman–Crippen MR) is 124 cm³/mol. The molecule has 3 aromatic carbocycles. The van der Waals surface area contributed by atoms with Crippen LogP contribution in [-0.4, -0.2) is 25.7 Å². The van der Waals surface area contributed by atoms with Gasteiger partial charge in [0.15, 0.2) is 6.61 Å². The Labute approximate surface area is 198 Å². The lowest BCUT2D eigenvalue weighted by atomic mass is 9.84. The monoisotopic (exact) mass is 474 g/mol. The topological polar surface area (TPSA) is 92.0 Å². The van der Waals surface area contributed by atoms with Crippen LogP contribution in [0.5, 0.6) is 11.5 Å². The van der Waals surface area contributed by atoms with Crippen LogP contribution in [0, 0.1) is 5.82 Å². The average molecular weight is 474 g/mol. The number of hydrogen-bond donors (Lipinski definition) is 0. The molecule has 1 atom stereocenters. The molecule has 8 heteroatoms. The van der Waals surface area contributed by atoms with Crippen molar-refractivity contribution in [3.63, 3.8) is 0 Å². The minimum Gasteiger partial charge on any atom is -0.482 e. The van der Waals surface area contributed by atoms with Gasteiger partial charge in [-0.1, -0.05) is 30.3 Å². The van der Waals surface area contributed by atoms with Gasteiger partial charge < -0.3 is 18.6 Å². The summed E-state index contributed by atoms with van der Waals surface area (Å²) in [5, 5.41) is 0.293. The molecule has 0 aliphatic carbocycles. The largest absolute Gasteiger partial charge is 0.482 e. The molecule has 1 aromatic heterocycles. The van der Waals surface area contributed by atoms with Crippen LogP contribution < -0.4 is 14.9 Å². The summed E-state index contributed by atoms with van der Waals surface area (Å²) in [6.45, 7) is -0.302. The number of methoxy groups -OCH3 is 1. The van der Waals surface area contributed by atoms with Crippen molar-refractivity contribution in [3.05, 3.63) is 94.1 Å². The quantitative estimate of drug-likeness (QED) is 0.309. The van der Waals surface area contributed by atoms with Crippen molar-refractivity contribution in [2.24, 2.45) is 0 Å². The fourth-order valence-electron chi connectivity index (χ4n) is 4.25. The third kappa shape index (κ3) is 4.14. The molecule has 176 valence electrons. The van der Waals surface area contributed by atoms with Crippen LogP contribution >= 0.6 is 0 Å². The first-order valence-electron chi connectivity index (χ1n) is 10.8. The molecule has 0 saturated heterocycles. The first-order chi connectivity index (χ1) is 17.0. The van der Waals surface area contributed by atoms with E-state index in [0.29, 0.717) is 27.8 Å². The van der Waals surface area contributed by atoms with Gasteiger partial charge in [0, 0.05) is 17.0 Å². The molecule has 5 rings (SSSR count). The standard InChI is InChI=1S/C27H19FO7/c1-32-24(30)14-33-21-5-3-2-4-17(21)19-12-23(29)35-22-11-10-18-26(31)20(13-34-27(18)25(19)22)15-6-8-16(28)9-7-15/h2-11,13,19H,12,14H2,1H3/t19-/m0/s1. The van der Waals surface area contributed by atoms with E-state index in [0.717, 1.165) is 0 Å². The SMILES string of the molecule is COC(=O)COc1ccccc1[C@@H]1CC(=O)Oc2ccc3c(=O)c(-c4ccc(F)cc4)coc3c21. The van der Waals surface area contributed by atoms with E-state index in [1.165, 1.54) is 37.6 Å². The second kappa shape index (κ2) is 9.06. The van der Waals surface area contributed by atoms with Crippen LogP contribution in [0.2, 0.25) is 0 Å². The average Bonchev–Trinajstić information content (AvgIpc) is 2.87. The predicted octanol–water partition coefficient (Wildman–Crippen LogP) is 4.59. The second-order valence-corrected chi connectivity index (χ2v) is 7.97. The molecule has 0 saturated carbocycles. The van der Waals surface area contributed by atoms with Crippen molar-refractivity contribution in [2.75, 3.05) is 13.7 Å². The number of para-hydroxylation sites is 1. The Kier molecular flexibility index (Phi) is 5.78. The molecule has 4 aromatic rings. The van der Waals surface area contributed by atoms with Crippen LogP contribution in [0.25, 0.3) is 22.1 Å². The highest BCUT2D eigenvalue weighted by Crippen LogP contribution is 2.45. The number of esters is 2. The van der Waals surface area contributed by atoms with Gasteiger partial charge in [0.1, 0.15) is 29.2 Å². The molecule has 0 N–H and O–H groups in total. The van der Waals surface area contributed by atoms with Crippen molar-refractivity contribution in [1.82, 2.24) is 0 Å². The van der Waals surface area contributed by atoms with Crippen LogP contribution in [0.1, 0.15) is 23.5 Å². The zero-order chi connectivity index (χ0) is 24.5. The number of carbonyl (C=O) groups excluding carboxylic acids is 2. The maximum atomic E-state index is 13.4. The Balaban J connectivity index is 1.66. The summed E-state index contributed by atoms with van der Waals surface area (Å²) in [4.78, 5) is 37.4. The maximum Gasteiger partial charge on any atom is 0.343 e. The normalized spacial score (nSPS) is 14.8. The molecule has 0 bridgehead atoms. The van der Waals surface area contributed by atoms with E-state index in [1.54, 1.807) is 36.4 Å². The summed E-state index contributed by atoms with van der Waals surface area (Å²) in [5.74, 6) is -1.29. The Hall–Kier alpha value is -4.46. The molecule has 2 heterocycles. The Morgan fingerprint density at radius 2 is 1.83 bits per heavy atom. The van der Waals surface area contributed by atoms with E-state index < -0.39 is 23.7 Å². The van der Waals surface area contributed by atoms with E-state index in [2.05, 4.69) is 4.74 Å². The molecule has 0 radical (unpaired) electrons. The van der Waals surface area contributed by atoms with Gasteiger partial charge in [0.05, 0.1) is 24.5 Å². The summed E-state index contributed by atoms with van der Waals surface area (Å²) in [5.41, 5.74) is 1.93. The van der Waals surface area contributed by atoms with Gasteiger partial charge in [0.25, 0.3) is 0 Å². The van der Waals surface area contributed by atoms with E-state index in [1.807, 2.05) is 0 Å². The van der Waals surface area contributed by atoms with Crippen molar-refractivity contribution in [3.8, 4) is 22.6 Å². The smallest absolute Gasteiger partial charge is 0.343 e. The van der Waals surface area contributed by atoms with Gasteiger partial charge in [-0.15, -0.1) is 0 Å². The van der Waals surface area contributed by atoms with E-state index in [-0.39, 0.29) is 35.4 Å². The summed E-state index contributed by atoms with van der Waals surface area (Å²) >= 11 is 0. The molecule has 1 aliphatic heterocycles. The Morgan fingerprint density at radius 3 is 2.60 bits per heavy atom. The summed E-state index contributed by atoms with van der Waals surface area (Å²) in [6, 6.07) is 15.7. The Morgan fingerprint density at radius 1 is 1.06 bits per heavy atom. The highest BCUT2D eigenvalue weighted by Gasteiger charge is 2.34. The molecule has 7 nitrogen and oxygen atoms in total. The van der Waals surface area contributed by atoms with E-state index in [4.69, 9.17) is 13.9 Å². The highest BCUT2D eigenvalue weighted by molar-refractivity contribution is 5.90. The van der Waals surface area contributed by atoms with Gasteiger partial charge in [-0.3, -0.25) is 9.59 Å². The minimum atomic E-state index is -0.552. The van der Waals surface area contributed by atoms with Gasteiger partial charge in [-0.2, -0.15) is 0 Å². The van der Waals surface area contributed by atoms with Gasteiger partial charge in [0.2, 0.25) is 5.43 Å². The number of carbonyl (C=O) groups is 2. The molecule has 0 fully saturated rings.